The van der Waals surface area contributed by atoms with Crippen molar-refractivity contribution in [1.82, 2.24) is 0 Å². The molecular weight excluding hydrogens is 640 g/mol. The topological polar surface area (TPSA) is 104 Å². The summed E-state index contributed by atoms with van der Waals surface area (Å²) >= 11 is 6.10. The number of fused-ring (bicyclic) bond motifs is 4. The Morgan fingerprint density at radius 2 is 1.47 bits per heavy atom. The zero-order valence-corrected chi connectivity index (χ0v) is 27.4. The number of carbonyl (C=O) groups is 4. The third-order valence-electron chi connectivity index (χ3n) is 10.9. The molecule has 4 aliphatic rings. The van der Waals surface area contributed by atoms with Gasteiger partial charge in [-0.3, -0.25) is 24.1 Å². The maximum atomic E-state index is 14.6. The van der Waals surface area contributed by atoms with Crippen molar-refractivity contribution in [2.24, 2.45) is 29.1 Å². The molecule has 4 amide bonds. The highest BCUT2D eigenvalue weighted by molar-refractivity contribution is 6.31. The van der Waals surface area contributed by atoms with E-state index in [9.17, 15) is 24.3 Å². The van der Waals surface area contributed by atoms with Crippen LogP contribution >= 0.6 is 11.6 Å². The van der Waals surface area contributed by atoms with E-state index in [0.29, 0.717) is 40.7 Å². The molecule has 3 fully saturated rings. The lowest BCUT2D eigenvalue weighted by atomic mass is 9.51. The van der Waals surface area contributed by atoms with E-state index in [1.54, 1.807) is 67.6 Å². The SMILES string of the molecule is C[C@@]12C(=O)N(c3ccccc3)C(=O)[C@@H]1C[C@@H]1C(=CC[C@@H]3C(=O)N(c4ccc(Cl)cc4)C(=O)[C@@H]31)[C@@H]2c1ccc(OCc2ccccc2)cc1O. The Hall–Kier alpha value is -5.21. The number of para-hydroxylation sites is 1. The molecule has 2 saturated heterocycles. The van der Waals surface area contributed by atoms with Crippen molar-refractivity contribution in [3.05, 3.63) is 131 Å². The number of allylic oxidation sites excluding steroid dienone is 2. The fourth-order valence-corrected chi connectivity index (χ4v) is 8.75. The van der Waals surface area contributed by atoms with Crippen LogP contribution in [0.15, 0.2) is 115 Å². The van der Waals surface area contributed by atoms with Crippen molar-refractivity contribution in [3.8, 4) is 11.5 Å². The van der Waals surface area contributed by atoms with Gasteiger partial charge in [-0.05, 0) is 73.7 Å². The molecular formula is C40H33ClN2O6. The predicted octanol–water partition coefficient (Wildman–Crippen LogP) is 7.06. The second-order valence-electron chi connectivity index (χ2n) is 13.5. The van der Waals surface area contributed by atoms with E-state index < -0.39 is 35.0 Å². The molecule has 49 heavy (non-hydrogen) atoms. The molecule has 8 nitrogen and oxygen atoms in total. The van der Waals surface area contributed by atoms with Crippen molar-refractivity contribution < 1.29 is 29.0 Å². The van der Waals surface area contributed by atoms with Gasteiger partial charge in [0.25, 0.3) is 0 Å². The van der Waals surface area contributed by atoms with Gasteiger partial charge in [0.1, 0.15) is 18.1 Å². The minimum Gasteiger partial charge on any atom is -0.508 e. The van der Waals surface area contributed by atoms with Crippen molar-refractivity contribution in [3.63, 3.8) is 0 Å². The normalized spacial score (nSPS) is 27.5. The van der Waals surface area contributed by atoms with E-state index in [1.807, 2.05) is 42.5 Å². The molecule has 4 aromatic rings. The molecule has 1 saturated carbocycles. The largest absolute Gasteiger partial charge is 0.508 e. The highest BCUT2D eigenvalue weighted by atomic mass is 35.5. The zero-order chi connectivity index (χ0) is 34.0. The van der Waals surface area contributed by atoms with Crippen molar-refractivity contribution in [1.29, 1.82) is 0 Å². The van der Waals surface area contributed by atoms with Crippen LogP contribution in [0.3, 0.4) is 0 Å². The number of halogens is 1. The molecule has 0 unspecified atom stereocenters. The quantitative estimate of drug-likeness (QED) is 0.174. The van der Waals surface area contributed by atoms with Gasteiger partial charge in [0, 0.05) is 22.6 Å². The Balaban J connectivity index is 1.21. The lowest BCUT2D eigenvalue weighted by molar-refractivity contribution is -0.131. The molecule has 0 aromatic heterocycles. The second kappa shape index (κ2) is 11.7. The summed E-state index contributed by atoms with van der Waals surface area (Å²) in [5.74, 6) is -4.33. The van der Waals surface area contributed by atoms with Crippen LogP contribution in [0.1, 0.15) is 36.8 Å². The summed E-state index contributed by atoms with van der Waals surface area (Å²) in [6.45, 7) is 2.11. The Kier molecular flexibility index (Phi) is 7.45. The fourth-order valence-electron chi connectivity index (χ4n) is 8.63. The van der Waals surface area contributed by atoms with Gasteiger partial charge in [-0.25, -0.2) is 4.90 Å². The van der Waals surface area contributed by atoms with Gasteiger partial charge in [0.15, 0.2) is 0 Å². The maximum Gasteiger partial charge on any atom is 0.241 e. The molecule has 246 valence electrons. The van der Waals surface area contributed by atoms with Crippen LogP contribution in [0.5, 0.6) is 11.5 Å². The molecule has 2 aliphatic heterocycles. The number of ether oxygens (including phenoxy) is 1. The van der Waals surface area contributed by atoms with Crippen LogP contribution < -0.4 is 14.5 Å². The number of benzene rings is 4. The molecule has 0 radical (unpaired) electrons. The molecule has 1 N–H and O–H groups in total. The van der Waals surface area contributed by atoms with Gasteiger partial charge in [0.05, 0.1) is 34.5 Å². The van der Waals surface area contributed by atoms with E-state index in [4.69, 9.17) is 16.3 Å². The number of hydrogen-bond donors (Lipinski definition) is 1. The molecule has 4 aromatic carbocycles. The Labute approximate surface area is 288 Å². The summed E-state index contributed by atoms with van der Waals surface area (Å²) in [7, 11) is 0. The average Bonchev–Trinajstić information content (AvgIpc) is 3.48. The minimum absolute atomic E-state index is 0.0748. The highest BCUT2D eigenvalue weighted by Crippen LogP contribution is 2.64. The summed E-state index contributed by atoms with van der Waals surface area (Å²) < 4.78 is 5.99. The van der Waals surface area contributed by atoms with Crippen molar-refractivity contribution >= 4 is 46.6 Å². The summed E-state index contributed by atoms with van der Waals surface area (Å²) in [6.07, 6.45) is 2.49. The average molecular weight is 673 g/mol. The first kappa shape index (κ1) is 31.1. The standard InChI is InChI=1S/C40H33ClN2O6/c1-40-32(37(46)43(39(40)48)25-10-6-3-7-11-25)21-31-28(18-19-30-34(31)38(47)42(36(30)45)26-14-12-24(41)13-15-26)35(40)29-17-16-27(20-33(29)44)49-22-23-8-4-2-5-9-23/h2-18,20,30-32,34-35,44H,19,21-22H2,1H3/t30-,31+,32-,34-,35+,40+/m0/s1. The summed E-state index contributed by atoms with van der Waals surface area (Å²) in [5.41, 5.74) is 1.88. The number of aromatic hydroxyl groups is 1. The third-order valence-corrected chi connectivity index (χ3v) is 11.2. The van der Waals surface area contributed by atoms with Crippen LogP contribution in [0.2, 0.25) is 5.02 Å². The molecule has 6 atom stereocenters. The van der Waals surface area contributed by atoms with Crippen LogP contribution in [0.4, 0.5) is 11.4 Å². The number of hydrogen-bond acceptors (Lipinski definition) is 6. The van der Waals surface area contributed by atoms with Gasteiger partial charge in [-0.1, -0.05) is 77.8 Å². The van der Waals surface area contributed by atoms with Crippen molar-refractivity contribution in [2.75, 3.05) is 9.80 Å². The van der Waals surface area contributed by atoms with E-state index in [-0.39, 0.29) is 35.8 Å². The molecule has 0 bridgehead atoms. The first-order chi connectivity index (χ1) is 23.7. The van der Waals surface area contributed by atoms with E-state index >= 15 is 0 Å². The number of phenolic OH excluding ortho intramolecular Hbond substituents is 1. The van der Waals surface area contributed by atoms with Gasteiger partial charge in [0.2, 0.25) is 23.6 Å². The van der Waals surface area contributed by atoms with Crippen molar-refractivity contribution in [2.45, 2.75) is 32.3 Å². The molecule has 9 heteroatoms. The maximum absolute atomic E-state index is 14.6. The Morgan fingerprint density at radius 3 is 2.16 bits per heavy atom. The van der Waals surface area contributed by atoms with Crippen LogP contribution in [-0.2, 0) is 25.8 Å². The fraction of sp³-hybridized carbons (Fsp3) is 0.250. The molecule has 2 aliphatic carbocycles. The van der Waals surface area contributed by atoms with Gasteiger partial charge < -0.3 is 9.84 Å². The molecule has 8 rings (SSSR count). The lowest BCUT2D eigenvalue weighted by Gasteiger charge is -2.49. The third kappa shape index (κ3) is 4.80. The monoisotopic (exact) mass is 672 g/mol. The predicted molar refractivity (Wildman–Crippen MR) is 184 cm³/mol. The minimum atomic E-state index is -1.27. The Bertz CT molecular complexity index is 2030. The van der Waals surface area contributed by atoms with Gasteiger partial charge in [-0.15, -0.1) is 0 Å². The first-order valence-corrected chi connectivity index (χ1v) is 16.8. The number of anilines is 2. The molecule has 2 heterocycles. The number of phenols is 1. The zero-order valence-electron chi connectivity index (χ0n) is 26.7. The number of imide groups is 2. The summed E-state index contributed by atoms with van der Waals surface area (Å²) in [6, 6.07) is 30.1. The first-order valence-electron chi connectivity index (χ1n) is 16.4. The number of nitrogens with zero attached hydrogens (tertiary/aromatic N) is 2. The van der Waals surface area contributed by atoms with Crippen LogP contribution in [-0.4, -0.2) is 28.7 Å². The summed E-state index contributed by atoms with van der Waals surface area (Å²) in [5, 5.41) is 12.1. The van der Waals surface area contributed by atoms with Gasteiger partial charge >= 0.3 is 0 Å². The van der Waals surface area contributed by atoms with Crippen LogP contribution in [0.25, 0.3) is 0 Å². The van der Waals surface area contributed by atoms with E-state index in [1.165, 1.54) is 15.9 Å². The highest BCUT2D eigenvalue weighted by Gasteiger charge is 2.68. The summed E-state index contributed by atoms with van der Waals surface area (Å²) in [4.78, 5) is 59.5. The Morgan fingerprint density at radius 1 is 0.796 bits per heavy atom. The smallest absolute Gasteiger partial charge is 0.241 e. The lowest BCUT2D eigenvalue weighted by Crippen LogP contribution is -2.48. The molecule has 0 spiro atoms. The van der Waals surface area contributed by atoms with E-state index in [2.05, 4.69) is 0 Å². The number of rotatable bonds is 6. The number of amides is 4. The number of carbonyl (C=O) groups excluding carboxylic acids is 4. The van der Waals surface area contributed by atoms with E-state index in [0.717, 1.165) is 11.1 Å². The van der Waals surface area contributed by atoms with Gasteiger partial charge in [-0.2, -0.15) is 0 Å². The second-order valence-corrected chi connectivity index (χ2v) is 13.9. The van der Waals surface area contributed by atoms with Crippen LogP contribution in [0, 0.1) is 29.1 Å².